The van der Waals surface area contributed by atoms with E-state index in [1.807, 2.05) is 17.9 Å². The van der Waals surface area contributed by atoms with Crippen molar-refractivity contribution in [3.8, 4) is 0 Å². The number of hydrogen-bond donors (Lipinski definition) is 1. The van der Waals surface area contributed by atoms with E-state index in [1.165, 1.54) is 18.4 Å². The maximum Gasteiger partial charge on any atom is 0.0521 e. The molecule has 3 heteroatoms. The molecule has 1 atom stereocenters. The molecule has 0 saturated carbocycles. The van der Waals surface area contributed by atoms with E-state index in [4.69, 9.17) is 0 Å². The zero-order chi connectivity index (χ0) is 12.0. The average molecular weight is 223 g/mol. The van der Waals surface area contributed by atoms with E-state index in [9.17, 15) is 0 Å². The van der Waals surface area contributed by atoms with E-state index in [-0.39, 0.29) is 0 Å². The summed E-state index contributed by atoms with van der Waals surface area (Å²) in [6, 6.07) is 0.598. The Bertz CT molecular complexity index is 291. The Labute approximate surface area is 99.2 Å². The zero-order valence-corrected chi connectivity index (χ0v) is 11.0. The van der Waals surface area contributed by atoms with Crippen molar-refractivity contribution in [3.05, 3.63) is 18.0 Å². The van der Waals surface area contributed by atoms with Crippen molar-refractivity contribution < 1.29 is 0 Å². The largest absolute Gasteiger partial charge is 0.314 e. The molecule has 0 fully saturated rings. The van der Waals surface area contributed by atoms with Gasteiger partial charge in [0.1, 0.15) is 0 Å². The van der Waals surface area contributed by atoms with Gasteiger partial charge in [-0.3, -0.25) is 4.68 Å². The Morgan fingerprint density at radius 1 is 1.38 bits per heavy atom. The Kier molecular flexibility index (Phi) is 5.53. The molecule has 1 heterocycles. The van der Waals surface area contributed by atoms with Crippen LogP contribution in [0.3, 0.4) is 0 Å². The molecular weight excluding hydrogens is 198 g/mol. The molecule has 0 radical (unpaired) electrons. The van der Waals surface area contributed by atoms with Crippen LogP contribution in [0.4, 0.5) is 0 Å². The molecule has 0 aromatic carbocycles. The first kappa shape index (κ1) is 13.2. The second-order valence-corrected chi connectivity index (χ2v) is 5.08. The predicted octanol–water partition coefficient (Wildman–Crippen LogP) is 2.38. The molecule has 1 rings (SSSR count). The van der Waals surface area contributed by atoms with Gasteiger partial charge in [0.05, 0.1) is 6.20 Å². The highest BCUT2D eigenvalue weighted by molar-refractivity contribution is 5.03. The second kappa shape index (κ2) is 6.69. The summed E-state index contributed by atoms with van der Waals surface area (Å²) in [6.45, 7) is 7.84. The van der Waals surface area contributed by atoms with Gasteiger partial charge in [0, 0.05) is 19.3 Å². The summed E-state index contributed by atoms with van der Waals surface area (Å²) in [5.74, 6) is 0.763. The molecular formula is C13H25N3. The van der Waals surface area contributed by atoms with E-state index in [0.717, 1.165) is 18.9 Å². The summed E-state index contributed by atoms with van der Waals surface area (Å²) >= 11 is 0. The van der Waals surface area contributed by atoms with Gasteiger partial charge in [0.25, 0.3) is 0 Å². The maximum absolute atomic E-state index is 4.18. The summed E-state index contributed by atoms with van der Waals surface area (Å²) in [4.78, 5) is 0. The molecule has 16 heavy (non-hydrogen) atoms. The molecule has 1 unspecified atom stereocenters. The minimum Gasteiger partial charge on any atom is -0.314 e. The lowest BCUT2D eigenvalue weighted by molar-refractivity contribution is 0.443. The lowest BCUT2D eigenvalue weighted by Crippen LogP contribution is -2.27. The molecule has 0 aliphatic rings. The molecule has 1 aromatic rings. The monoisotopic (exact) mass is 223 g/mol. The summed E-state index contributed by atoms with van der Waals surface area (Å²) in [7, 11) is 1.97. The number of aromatic nitrogens is 2. The highest BCUT2D eigenvalue weighted by Crippen LogP contribution is 2.09. The van der Waals surface area contributed by atoms with Crippen molar-refractivity contribution in [2.75, 3.05) is 6.54 Å². The Balaban J connectivity index is 2.10. The van der Waals surface area contributed by atoms with Gasteiger partial charge in [-0.2, -0.15) is 5.10 Å². The smallest absolute Gasteiger partial charge is 0.0521 e. The Morgan fingerprint density at radius 3 is 2.69 bits per heavy atom. The van der Waals surface area contributed by atoms with E-state index < -0.39 is 0 Å². The fourth-order valence-corrected chi connectivity index (χ4v) is 1.79. The number of hydrogen-bond acceptors (Lipinski definition) is 2. The normalized spacial score (nSPS) is 13.3. The predicted molar refractivity (Wildman–Crippen MR) is 68.4 cm³/mol. The average Bonchev–Trinajstić information content (AvgIpc) is 2.61. The molecule has 1 aromatic heterocycles. The van der Waals surface area contributed by atoms with Gasteiger partial charge < -0.3 is 5.32 Å². The summed E-state index contributed by atoms with van der Waals surface area (Å²) in [5.41, 5.74) is 1.35. The van der Waals surface area contributed by atoms with Crippen molar-refractivity contribution in [1.82, 2.24) is 15.1 Å². The third-order valence-electron chi connectivity index (χ3n) is 2.80. The molecule has 0 aliphatic carbocycles. The first-order chi connectivity index (χ1) is 7.58. The topological polar surface area (TPSA) is 29.9 Å². The molecule has 1 N–H and O–H groups in total. The van der Waals surface area contributed by atoms with E-state index >= 15 is 0 Å². The summed E-state index contributed by atoms with van der Waals surface area (Å²) in [6.07, 6.45) is 7.77. The van der Waals surface area contributed by atoms with Gasteiger partial charge >= 0.3 is 0 Å². The fourth-order valence-electron chi connectivity index (χ4n) is 1.79. The number of nitrogens with one attached hydrogen (secondary N) is 1. The van der Waals surface area contributed by atoms with Crippen molar-refractivity contribution in [3.63, 3.8) is 0 Å². The van der Waals surface area contributed by atoms with Crippen molar-refractivity contribution in [2.24, 2.45) is 13.0 Å². The van der Waals surface area contributed by atoms with Crippen LogP contribution in [0.15, 0.2) is 12.4 Å². The van der Waals surface area contributed by atoms with Crippen LogP contribution in [0.1, 0.15) is 39.2 Å². The molecule has 0 aliphatic heterocycles. The minimum atomic E-state index is 0.598. The highest BCUT2D eigenvalue weighted by Gasteiger charge is 2.03. The van der Waals surface area contributed by atoms with Crippen LogP contribution in [0.5, 0.6) is 0 Å². The van der Waals surface area contributed by atoms with Gasteiger partial charge in [-0.1, -0.05) is 20.8 Å². The van der Waals surface area contributed by atoms with Gasteiger partial charge in [-0.15, -0.1) is 0 Å². The fraction of sp³-hybridized carbons (Fsp3) is 0.769. The van der Waals surface area contributed by atoms with Crippen LogP contribution in [0.25, 0.3) is 0 Å². The van der Waals surface area contributed by atoms with E-state index in [1.54, 1.807) is 0 Å². The number of rotatable bonds is 7. The summed E-state index contributed by atoms with van der Waals surface area (Å²) in [5, 5.41) is 7.66. The van der Waals surface area contributed by atoms with Gasteiger partial charge in [0.2, 0.25) is 0 Å². The van der Waals surface area contributed by atoms with Crippen LogP contribution in [0, 0.1) is 5.92 Å². The van der Waals surface area contributed by atoms with Crippen molar-refractivity contribution in [2.45, 2.75) is 46.1 Å². The third kappa shape index (κ3) is 5.31. The zero-order valence-electron chi connectivity index (χ0n) is 11.0. The first-order valence-electron chi connectivity index (χ1n) is 6.29. The van der Waals surface area contributed by atoms with E-state index in [0.29, 0.717) is 6.04 Å². The van der Waals surface area contributed by atoms with Gasteiger partial charge in [-0.25, -0.2) is 0 Å². The van der Waals surface area contributed by atoms with Crippen LogP contribution in [-0.4, -0.2) is 22.4 Å². The van der Waals surface area contributed by atoms with Crippen molar-refractivity contribution >= 4 is 0 Å². The molecule has 0 amide bonds. The highest BCUT2D eigenvalue weighted by atomic mass is 15.2. The third-order valence-corrected chi connectivity index (χ3v) is 2.80. The van der Waals surface area contributed by atoms with Gasteiger partial charge in [-0.05, 0) is 37.3 Å². The number of aryl methyl sites for hydroxylation is 2. The van der Waals surface area contributed by atoms with E-state index in [2.05, 4.69) is 37.4 Å². The van der Waals surface area contributed by atoms with Crippen LogP contribution >= 0.6 is 0 Å². The number of nitrogens with zero attached hydrogens (tertiary/aromatic N) is 2. The quantitative estimate of drug-likeness (QED) is 0.769. The van der Waals surface area contributed by atoms with Crippen LogP contribution < -0.4 is 5.32 Å². The molecule has 0 saturated heterocycles. The van der Waals surface area contributed by atoms with Crippen LogP contribution in [0.2, 0.25) is 0 Å². The molecule has 92 valence electrons. The molecule has 3 nitrogen and oxygen atoms in total. The summed E-state index contributed by atoms with van der Waals surface area (Å²) < 4.78 is 1.87. The van der Waals surface area contributed by atoms with Gasteiger partial charge in [0.15, 0.2) is 0 Å². The molecule has 0 bridgehead atoms. The Hall–Kier alpha value is -0.830. The SMILES string of the molecule is CC(CCCc1cnn(C)c1)CNC(C)C. The van der Waals surface area contributed by atoms with Crippen LogP contribution in [-0.2, 0) is 13.5 Å². The molecule has 0 spiro atoms. The maximum atomic E-state index is 4.18. The Morgan fingerprint density at radius 2 is 2.12 bits per heavy atom. The minimum absolute atomic E-state index is 0.598. The standard InChI is InChI=1S/C13H25N3/c1-11(2)14-8-12(3)6-5-7-13-9-15-16(4)10-13/h9-12,14H,5-8H2,1-4H3. The first-order valence-corrected chi connectivity index (χ1v) is 6.29. The lowest BCUT2D eigenvalue weighted by Gasteiger charge is -2.14. The lowest BCUT2D eigenvalue weighted by atomic mass is 10.0. The second-order valence-electron chi connectivity index (χ2n) is 5.08. The van der Waals surface area contributed by atoms with Crippen molar-refractivity contribution in [1.29, 1.82) is 0 Å².